The second kappa shape index (κ2) is 12.9. The first kappa shape index (κ1) is 29.6. The zero-order valence-corrected chi connectivity index (χ0v) is 24.9. The highest BCUT2D eigenvalue weighted by molar-refractivity contribution is 7.91. The average Bonchev–Trinajstić information content (AvgIpc) is 3.76. The largest absolute Gasteiger partial charge is 0.340 e. The number of nitrogens with zero attached hydrogens (tertiary/aromatic N) is 1. The van der Waals surface area contributed by atoms with Crippen molar-refractivity contribution in [3.63, 3.8) is 0 Å². The van der Waals surface area contributed by atoms with E-state index in [0.29, 0.717) is 47.0 Å². The van der Waals surface area contributed by atoms with Crippen LogP contribution >= 0.6 is 23.2 Å². The van der Waals surface area contributed by atoms with Crippen molar-refractivity contribution in [1.29, 1.82) is 0 Å². The zero-order valence-electron chi connectivity index (χ0n) is 22.6. The maximum absolute atomic E-state index is 13.4. The summed E-state index contributed by atoms with van der Waals surface area (Å²) in [6, 6.07) is 22.5. The molecule has 3 aromatic carbocycles. The van der Waals surface area contributed by atoms with Crippen LogP contribution in [0.1, 0.15) is 41.1 Å². The van der Waals surface area contributed by atoms with Crippen LogP contribution in [0.3, 0.4) is 0 Å². The molecule has 1 aliphatic carbocycles. The first-order valence-electron chi connectivity index (χ1n) is 13.8. The van der Waals surface area contributed by atoms with E-state index >= 15 is 0 Å². The van der Waals surface area contributed by atoms with Gasteiger partial charge in [0.1, 0.15) is 6.04 Å². The lowest BCUT2D eigenvalue weighted by atomic mass is 10.0. The van der Waals surface area contributed by atoms with Gasteiger partial charge in [-0.2, -0.15) is 0 Å². The Bertz CT molecular complexity index is 1490. The second-order valence-electron chi connectivity index (χ2n) is 10.7. The van der Waals surface area contributed by atoms with Crippen molar-refractivity contribution >= 4 is 44.9 Å². The van der Waals surface area contributed by atoms with Gasteiger partial charge < -0.3 is 15.5 Å². The molecule has 3 aromatic rings. The lowest BCUT2D eigenvalue weighted by molar-refractivity contribution is -0.133. The number of halogens is 2. The first-order chi connectivity index (χ1) is 19.7. The number of carbonyl (C=O) groups is 2. The van der Waals surface area contributed by atoms with Crippen molar-refractivity contribution in [2.45, 2.75) is 37.3 Å². The number of benzene rings is 3. The SMILES string of the molecule is O=C(N[C@@H](CCCN[C@@H]1C[C@H]1c1ccc(Cl)c(Cl)c1)C(=O)N1CCS(=O)(=O)CC1)c1ccc(-c2ccccc2)cc1. The van der Waals surface area contributed by atoms with Gasteiger partial charge in [0, 0.05) is 30.6 Å². The molecule has 0 aromatic heterocycles. The molecule has 1 saturated heterocycles. The van der Waals surface area contributed by atoms with Crippen molar-refractivity contribution in [3.8, 4) is 11.1 Å². The fourth-order valence-corrected chi connectivity index (χ4v) is 6.73. The molecule has 3 atom stereocenters. The maximum Gasteiger partial charge on any atom is 0.251 e. The molecule has 2 fully saturated rings. The van der Waals surface area contributed by atoms with Crippen LogP contribution < -0.4 is 10.6 Å². The monoisotopic (exact) mass is 613 g/mol. The summed E-state index contributed by atoms with van der Waals surface area (Å²) in [5.41, 5.74) is 3.66. The number of rotatable bonds is 10. The molecule has 1 heterocycles. The van der Waals surface area contributed by atoms with Crippen molar-refractivity contribution in [1.82, 2.24) is 15.5 Å². The molecule has 1 saturated carbocycles. The number of hydrogen-bond donors (Lipinski definition) is 2. The predicted molar refractivity (Wildman–Crippen MR) is 163 cm³/mol. The fraction of sp³-hybridized carbons (Fsp3) is 0.355. The van der Waals surface area contributed by atoms with E-state index in [0.717, 1.165) is 23.1 Å². The minimum atomic E-state index is -3.13. The molecule has 41 heavy (non-hydrogen) atoms. The predicted octanol–water partition coefficient (Wildman–Crippen LogP) is 4.94. The molecular formula is C31H33Cl2N3O4S. The van der Waals surface area contributed by atoms with Gasteiger partial charge in [-0.25, -0.2) is 8.42 Å². The summed E-state index contributed by atoms with van der Waals surface area (Å²) in [5, 5.41) is 7.55. The molecule has 2 amide bonds. The quantitative estimate of drug-likeness (QED) is 0.316. The molecule has 2 N–H and O–H groups in total. The highest BCUT2D eigenvalue weighted by Crippen LogP contribution is 2.42. The zero-order chi connectivity index (χ0) is 29.0. The van der Waals surface area contributed by atoms with Crippen LogP contribution in [-0.2, 0) is 14.6 Å². The highest BCUT2D eigenvalue weighted by Gasteiger charge is 2.38. The standard InChI is InChI=1S/C31H33Cl2N3O4S/c32-26-13-12-24(19-27(26)33)25-20-29(25)34-14-4-7-28(31(38)36-15-17-41(39,40)18-16-36)35-30(37)23-10-8-22(9-11-23)21-5-2-1-3-6-21/h1-3,5-6,8-13,19,25,28-29,34H,4,7,14-18,20H2,(H,35,37)/t25-,28-,29+/m0/s1. The van der Waals surface area contributed by atoms with Gasteiger partial charge in [-0.3, -0.25) is 9.59 Å². The summed E-state index contributed by atoms with van der Waals surface area (Å²) in [7, 11) is -3.13. The van der Waals surface area contributed by atoms with Crippen LogP contribution in [0.25, 0.3) is 11.1 Å². The molecule has 2 aliphatic rings. The molecule has 0 spiro atoms. The minimum absolute atomic E-state index is 0.0559. The van der Waals surface area contributed by atoms with Crippen LogP contribution in [-0.4, -0.2) is 68.4 Å². The topological polar surface area (TPSA) is 95.6 Å². The minimum Gasteiger partial charge on any atom is -0.340 e. The van der Waals surface area contributed by atoms with Crippen LogP contribution in [0.5, 0.6) is 0 Å². The smallest absolute Gasteiger partial charge is 0.251 e. The van der Waals surface area contributed by atoms with E-state index in [2.05, 4.69) is 10.6 Å². The lowest BCUT2D eigenvalue weighted by Gasteiger charge is -2.30. The Hall–Kier alpha value is -2.91. The van der Waals surface area contributed by atoms with Crippen LogP contribution in [0.15, 0.2) is 72.8 Å². The summed E-state index contributed by atoms with van der Waals surface area (Å²) < 4.78 is 23.8. The fourth-order valence-electron chi connectivity index (χ4n) is 5.22. The van der Waals surface area contributed by atoms with E-state index in [-0.39, 0.29) is 36.4 Å². The molecular weight excluding hydrogens is 581 g/mol. The molecule has 10 heteroatoms. The van der Waals surface area contributed by atoms with Gasteiger partial charge in [-0.05, 0) is 66.8 Å². The van der Waals surface area contributed by atoms with E-state index < -0.39 is 15.9 Å². The molecule has 0 bridgehead atoms. The van der Waals surface area contributed by atoms with E-state index in [1.165, 1.54) is 0 Å². The van der Waals surface area contributed by atoms with E-state index in [1.807, 2.05) is 60.7 Å². The molecule has 216 valence electrons. The Morgan fingerprint density at radius 3 is 2.27 bits per heavy atom. The average molecular weight is 615 g/mol. The van der Waals surface area contributed by atoms with E-state index in [4.69, 9.17) is 23.2 Å². The Morgan fingerprint density at radius 2 is 1.59 bits per heavy atom. The van der Waals surface area contributed by atoms with Crippen molar-refractivity contribution in [2.24, 2.45) is 0 Å². The Morgan fingerprint density at radius 1 is 0.902 bits per heavy atom. The maximum atomic E-state index is 13.4. The van der Waals surface area contributed by atoms with Crippen molar-refractivity contribution in [3.05, 3.63) is 94.0 Å². The van der Waals surface area contributed by atoms with Crippen molar-refractivity contribution < 1.29 is 18.0 Å². The van der Waals surface area contributed by atoms with Gasteiger partial charge in [0.25, 0.3) is 5.91 Å². The molecule has 0 radical (unpaired) electrons. The van der Waals surface area contributed by atoms with Crippen LogP contribution in [0.2, 0.25) is 10.0 Å². The number of hydrogen-bond acceptors (Lipinski definition) is 5. The first-order valence-corrected chi connectivity index (χ1v) is 16.4. The Labute approximate surface area is 251 Å². The summed E-state index contributed by atoms with van der Waals surface area (Å²) in [5.74, 6) is -0.313. The van der Waals surface area contributed by atoms with Gasteiger partial charge in [-0.15, -0.1) is 0 Å². The molecule has 0 unspecified atom stereocenters. The number of nitrogens with one attached hydrogen (secondary N) is 2. The third-order valence-corrected chi connectivity index (χ3v) is 10.1. The van der Waals surface area contributed by atoms with Gasteiger partial charge in [0.05, 0.1) is 21.6 Å². The van der Waals surface area contributed by atoms with Gasteiger partial charge in [0.2, 0.25) is 5.91 Å². The second-order valence-corrected chi connectivity index (χ2v) is 13.8. The summed E-state index contributed by atoms with van der Waals surface area (Å²) >= 11 is 12.2. The van der Waals surface area contributed by atoms with Gasteiger partial charge in [0.15, 0.2) is 9.84 Å². The Balaban J connectivity index is 1.19. The highest BCUT2D eigenvalue weighted by atomic mass is 35.5. The van der Waals surface area contributed by atoms with Crippen LogP contribution in [0.4, 0.5) is 0 Å². The summed E-state index contributed by atoms with van der Waals surface area (Å²) in [6.07, 6.45) is 2.10. The number of carbonyl (C=O) groups excluding carboxylic acids is 2. The molecule has 5 rings (SSSR count). The molecule has 1 aliphatic heterocycles. The molecule has 7 nitrogen and oxygen atoms in total. The van der Waals surface area contributed by atoms with E-state index in [1.54, 1.807) is 17.0 Å². The number of sulfone groups is 1. The van der Waals surface area contributed by atoms with Gasteiger partial charge >= 0.3 is 0 Å². The summed E-state index contributed by atoms with van der Waals surface area (Å²) in [4.78, 5) is 28.2. The van der Waals surface area contributed by atoms with Crippen LogP contribution in [0, 0.1) is 0 Å². The lowest BCUT2D eigenvalue weighted by Crippen LogP contribution is -2.53. The third-order valence-electron chi connectivity index (χ3n) is 7.75. The third kappa shape index (κ3) is 7.68. The van der Waals surface area contributed by atoms with Crippen molar-refractivity contribution in [2.75, 3.05) is 31.1 Å². The van der Waals surface area contributed by atoms with Gasteiger partial charge in [-0.1, -0.05) is 71.7 Å². The van der Waals surface area contributed by atoms with E-state index in [9.17, 15) is 18.0 Å². The Kier molecular flexibility index (Phi) is 9.34. The summed E-state index contributed by atoms with van der Waals surface area (Å²) in [6.45, 7) is 0.970. The number of amides is 2. The normalized spacial score (nSPS) is 20.3.